The average Bonchev–Trinajstić information content (AvgIpc) is 2.60. The highest BCUT2D eigenvalue weighted by Crippen LogP contribution is 2.26. The number of benzene rings is 1. The van der Waals surface area contributed by atoms with Gasteiger partial charge in [0.25, 0.3) is 0 Å². The molecule has 0 saturated carbocycles. The van der Waals surface area contributed by atoms with E-state index in [1.54, 1.807) is 12.1 Å². The van der Waals surface area contributed by atoms with Crippen LogP contribution in [0.5, 0.6) is 11.5 Å². The van der Waals surface area contributed by atoms with E-state index >= 15 is 0 Å². The van der Waals surface area contributed by atoms with Crippen molar-refractivity contribution in [1.29, 1.82) is 0 Å². The average molecular weight is 420 g/mol. The predicted molar refractivity (Wildman–Crippen MR) is 103 cm³/mol. The molecule has 0 aliphatic heterocycles. The molecular formula is C16H28N4O7S. The summed E-state index contributed by atoms with van der Waals surface area (Å²) in [5, 5.41) is 13.1. The van der Waals surface area contributed by atoms with Crippen molar-refractivity contribution in [3.63, 3.8) is 0 Å². The summed E-state index contributed by atoms with van der Waals surface area (Å²) in [5.74, 6) is 1.46. The molecule has 28 heavy (non-hydrogen) atoms. The van der Waals surface area contributed by atoms with E-state index in [2.05, 4.69) is 16.9 Å². The Balaban J connectivity index is 0.00000129. The van der Waals surface area contributed by atoms with Crippen LogP contribution in [-0.2, 0) is 10.4 Å². The van der Waals surface area contributed by atoms with Crippen LogP contribution in [0.3, 0.4) is 0 Å². The van der Waals surface area contributed by atoms with Crippen molar-refractivity contribution >= 4 is 16.4 Å². The number of guanidine groups is 1. The lowest BCUT2D eigenvalue weighted by molar-refractivity contribution is -0.459. The Labute approximate surface area is 164 Å². The van der Waals surface area contributed by atoms with Gasteiger partial charge >= 0.3 is 5.96 Å². The van der Waals surface area contributed by atoms with E-state index in [0.717, 1.165) is 13.0 Å². The third kappa shape index (κ3) is 17.1. The molecule has 0 aromatic heterocycles. The number of ether oxygens (including phenoxy) is 2. The summed E-state index contributed by atoms with van der Waals surface area (Å²) in [6, 6.07) is 7.34. The molecule has 0 heterocycles. The maximum absolute atomic E-state index is 9.92. The lowest BCUT2D eigenvalue weighted by atomic mass is 10.3. The molecule has 1 atom stereocenters. The van der Waals surface area contributed by atoms with Gasteiger partial charge in [0.1, 0.15) is 19.3 Å². The number of hydrogen-bond acceptors (Lipinski definition) is 7. The van der Waals surface area contributed by atoms with Gasteiger partial charge < -0.3 is 24.4 Å². The fourth-order valence-electron chi connectivity index (χ4n) is 1.80. The van der Waals surface area contributed by atoms with Crippen molar-refractivity contribution in [2.24, 2.45) is 11.5 Å². The molecule has 1 aromatic carbocycles. The Kier molecular flexibility index (Phi) is 13.4. The van der Waals surface area contributed by atoms with Gasteiger partial charge in [-0.15, -0.1) is 0 Å². The number of nitrogens with one attached hydrogen (secondary N) is 2. The standard InChI is InChI=1S/C16H26N4O3.H2O4S/c1-2-10-22-14-6-3-4-7-15(14)23-12-13(21)11-19-8-5-9-20-16(17)18;1-5(2,3)4/h2-4,6-7,13,19,21H,1,5,8-12H2,(H4,17,18,20);(H2,1,2,3,4). The van der Waals surface area contributed by atoms with Gasteiger partial charge in [0.2, 0.25) is 10.4 Å². The zero-order chi connectivity index (χ0) is 21.4. The van der Waals surface area contributed by atoms with E-state index in [1.807, 2.05) is 18.2 Å². The van der Waals surface area contributed by atoms with Crippen LogP contribution in [0.1, 0.15) is 6.42 Å². The van der Waals surface area contributed by atoms with Crippen LogP contribution in [0.4, 0.5) is 0 Å². The molecule has 11 nitrogen and oxygen atoms in total. The molecule has 0 aliphatic carbocycles. The second kappa shape index (κ2) is 14.6. The minimum Gasteiger partial charge on any atom is -0.726 e. The van der Waals surface area contributed by atoms with Crippen molar-refractivity contribution in [2.45, 2.75) is 12.5 Å². The van der Waals surface area contributed by atoms with Crippen molar-refractivity contribution in [1.82, 2.24) is 5.32 Å². The van der Waals surface area contributed by atoms with Crippen molar-refractivity contribution < 1.29 is 37.1 Å². The maximum atomic E-state index is 9.92. The van der Waals surface area contributed by atoms with Crippen molar-refractivity contribution in [3.8, 4) is 11.5 Å². The lowest BCUT2D eigenvalue weighted by Crippen LogP contribution is -2.78. The van der Waals surface area contributed by atoms with E-state index < -0.39 is 16.5 Å². The second-order valence-corrected chi connectivity index (χ2v) is 6.23. The minimum absolute atomic E-state index is 0.184. The van der Waals surface area contributed by atoms with Crippen LogP contribution in [0.25, 0.3) is 0 Å². The van der Waals surface area contributed by atoms with Crippen LogP contribution in [-0.4, -0.2) is 67.5 Å². The van der Waals surface area contributed by atoms with Crippen LogP contribution < -0.4 is 31.3 Å². The number of nitrogens with two attached hydrogens (primary N) is 2. The van der Waals surface area contributed by atoms with Crippen molar-refractivity contribution in [3.05, 3.63) is 36.9 Å². The van der Waals surface area contributed by atoms with Crippen LogP contribution in [0.15, 0.2) is 36.9 Å². The van der Waals surface area contributed by atoms with E-state index in [9.17, 15) is 5.11 Å². The van der Waals surface area contributed by atoms with Gasteiger partial charge in [-0.2, -0.15) is 0 Å². The van der Waals surface area contributed by atoms with Gasteiger partial charge in [-0.05, 0) is 25.1 Å². The fourth-order valence-corrected chi connectivity index (χ4v) is 1.80. The highest BCUT2D eigenvalue weighted by Gasteiger charge is 2.08. The number of hydrogen-bond donors (Lipinski definition) is 6. The number of rotatable bonds is 12. The first kappa shape index (κ1) is 25.6. The van der Waals surface area contributed by atoms with Crippen molar-refractivity contribution in [2.75, 3.05) is 32.8 Å². The van der Waals surface area contributed by atoms with E-state index in [0.29, 0.717) is 31.2 Å². The first-order valence-corrected chi connectivity index (χ1v) is 9.64. The quantitative estimate of drug-likeness (QED) is 0.0518. The second-order valence-electron chi connectivity index (χ2n) is 5.38. The Morgan fingerprint density at radius 1 is 1.32 bits per heavy atom. The van der Waals surface area contributed by atoms with Crippen LogP contribution >= 0.6 is 0 Å². The summed E-state index contributed by atoms with van der Waals surface area (Å²) < 4.78 is 43.9. The predicted octanol–water partition coefficient (Wildman–Crippen LogP) is -2.67. The third-order valence-corrected chi connectivity index (χ3v) is 2.88. The number of aliphatic hydroxyl groups is 1. The first-order valence-electron chi connectivity index (χ1n) is 8.27. The fraction of sp³-hybridized carbons (Fsp3) is 0.438. The molecule has 0 fully saturated rings. The smallest absolute Gasteiger partial charge is 0.338 e. The summed E-state index contributed by atoms with van der Waals surface area (Å²) in [6.07, 6.45) is 1.91. The highest BCUT2D eigenvalue weighted by atomic mass is 32.3. The molecule has 0 radical (unpaired) electrons. The van der Waals surface area contributed by atoms with Crippen LogP contribution in [0.2, 0.25) is 0 Å². The number of aliphatic hydroxyl groups excluding tert-OH is 1. The summed E-state index contributed by atoms with van der Waals surface area (Å²) in [7, 11) is -4.92. The van der Waals surface area contributed by atoms with Gasteiger partial charge in [0, 0.05) is 6.54 Å². The Morgan fingerprint density at radius 3 is 2.43 bits per heavy atom. The maximum Gasteiger partial charge on any atom is 0.338 e. The summed E-state index contributed by atoms with van der Waals surface area (Å²) in [5.41, 5.74) is 10.6. The molecule has 0 saturated heterocycles. The first-order chi connectivity index (χ1) is 13.1. The Morgan fingerprint density at radius 2 is 1.89 bits per heavy atom. The molecule has 0 amide bonds. The largest absolute Gasteiger partial charge is 0.726 e. The number of para-hydroxylation sites is 2. The van der Waals surface area contributed by atoms with Gasteiger partial charge in [0.15, 0.2) is 11.5 Å². The zero-order valence-corrected chi connectivity index (χ0v) is 16.2. The van der Waals surface area contributed by atoms with Gasteiger partial charge in [0.05, 0.1) is 6.54 Å². The Bertz CT molecular complexity index is 686. The topological polar surface area (TPSA) is 194 Å². The van der Waals surface area contributed by atoms with Gasteiger partial charge in [-0.25, -0.2) is 8.42 Å². The third-order valence-electron chi connectivity index (χ3n) is 2.88. The van der Waals surface area contributed by atoms with Crippen LogP contribution in [0, 0.1) is 0 Å². The highest BCUT2D eigenvalue weighted by molar-refractivity contribution is 7.79. The normalized spacial score (nSPS) is 11.5. The summed E-state index contributed by atoms with van der Waals surface area (Å²) in [6.45, 7) is 6.08. The SMILES string of the molecule is C=CCOc1ccccc1OCC(O)CNCCC[NH+]=C(N)N.O=S(=O)([O-])O. The molecule has 160 valence electrons. The molecule has 0 spiro atoms. The monoisotopic (exact) mass is 420 g/mol. The zero-order valence-electron chi connectivity index (χ0n) is 15.4. The van der Waals surface area contributed by atoms with Gasteiger partial charge in [-0.1, -0.05) is 24.8 Å². The summed E-state index contributed by atoms with van der Waals surface area (Å²) >= 11 is 0. The van der Waals surface area contributed by atoms with E-state index in [1.165, 1.54) is 0 Å². The van der Waals surface area contributed by atoms with E-state index in [-0.39, 0.29) is 12.6 Å². The Hall–Kier alpha value is -2.38. The molecule has 0 aliphatic rings. The molecule has 1 aromatic rings. The molecule has 1 unspecified atom stereocenters. The molecular weight excluding hydrogens is 392 g/mol. The molecule has 0 bridgehead atoms. The minimum atomic E-state index is -4.92. The molecule has 12 heteroatoms. The molecule has 1 rings (SSSR count). The lowest BCUT2D eigenvalue weighted by Gasteiger charge is -2.15. The summed E-state index contributed by atoms with van der Waals surface area (Å²) in [4.78, 5) is 2.83. The van der Waals surface area contributed by atoms with Gasteiger partial charge in [-0.3, -0.25) is 21.0 Å². The van der Waals surface area contributed by atoms with E-state index in [4.69, 9.17) is 38.5 Å². The molecule has 8 N–H and O–H groups in total.